The van der Waals surface area contributed by atoms with Crippen molar-refractivity contribution in [2.75, 3.05) is 6.61 Å². The lowest BCUT2D eigenvalue weighted by Gasteiger charge is -2.59. The number of esters is 1. The number of nitrogens with one attached hydrogen (secondary N) is 2. The Hall–Kier alpha value is -1.93. The Bertz CT molecular complexity index is 1070. The summed E-state index contributed by atoms with van der Waals surface area (Å²) in [6, 6.07) is 0.867. The number of hydrogen-bond acceptors (Lipinski definition) is 5. The molecule has 4 bridgehead atoms. The van der Waals surface area contributed by atoms with E-state index in [0.29, 0.717) is 11.1 Å². The highest BCUT2D eigenvalue weighted by molar-refractivity contribution is 7.89. The minimum atomic E-state index is -3.95. The third kappa shape index (κ3) is 5.15. The summed E-state index contributed by atoms with van der Waals surface area (Å²) in [5.74, 6) is 1.26. The van der Waals surface area contributed by atoms with E-state index in [1.165, 1.54) is 45.4 Å². The summed E-state index contributed by atoms with van der Waals surface area (Å²) < 4.78 is 33.8. The lowest BCUT2D eigenvalue weighted by Crippen LogP contribution is -2.56. The highest BCUT2D eigenvalue weighted by Crippen LogP contribution is 2.61. The molecule has 194 valence electrons. The molecule has 1 amide bonds. The number of sulfonamides is 1. The topological polar surface area (TPSA) is 102 Å². The van der Waals surface area contributed by atoms with Crippen molar-refractivity contribution in [1.82, 2.24) is 10.0 Å². The average Bonchev–Trinajstić information content (AvgIpc) is 2.74. The monoisotopic (exact) mass is 504 g/mol. The van der Waals surface area contributed by atoms with Crippen LogP contribution in [-0.2, 0) is 24.3 Å². The molecule has 7 nitrogen and oxygen atoms in total. The van der Waals surface area contributed by atoms with Crippen LogP contribution in [0.2, 0.25) is 0 Å². The molecule has 4 aliphatic carbocycles. The summed E-state index contributed by atoms with van der Waals surface area (Å²) in [5, 5.41) is 3.08. The van der Waals surface area contributed by atoms with E-state index < -0.39 is 28.6 Å². The molecule has 1 aromatic rings. The van der Waals surface area contributed by atoms with E-state index in [9.17, 15) is 18.0 Å². The normalized spacial score (nSPS) is 29.0. The second kappa shape index (κ2) is 9.51. The molecule has 0 aliphatic heterocycles. The summed E-state index contributed by atoms with van der Waals surface area (Å²) in [6.45, 7) is 10.3. The molecule has 35 heavy (non-hydrogen) atoms. The molecule has 0 saturated heterocycles. The smallest absolute Gasteiger partial charge is 0.324 e. The van der Waals surface area contributed by atoms with Crippen molar-refractivity contribution >= 4 is 21.9 Å². The van der Waals surface area contributed by atoms with E-state index in [4.69, 9.17) is 4.74 Å². The third-order valence-corrected chi connectivity index (χ3v) is 10.8. The highest BCUT2D eigenvalue weighted by Gasteiger charge is 2.53. The first-order chi connectivity index (χ1) is 16.3. The van der Waals surface area contributed by atoms with Gasteiger partial charge in [-0.3, -0.25) is 9.59 Å². The molecule has 0 radical (unpaired) electrons. The SMILES string of the molecule is Cc1cc(C)c(C)c(S(=O)(=O)N[C@@H](C)C(=O)OCC(=O)N[C@@H](C)C23CC4CC(CC(C4)C2)C3)c1C. The maximum Gasteiger partial charge on any atom is 0.324 e. The van der Waals surface area contributed by atoms with Crippen LogP contribution in [0.1, 0.15) is 74.6 Å². The fourth-order valence-corrected chi connectivity index (χ4v) is 9.14. The standard InChI is InChI=1S/C27H40N2O5S/c1-15-7-16(2)18(4)25(17(15)3)35(32,33)29-19(5)26(31)34-14-24(30)28-20(6)27-11-21-8-22(12-27)10-23(9-21)13-27/h7,19-23,29H,8-14H2,1-6H3,(H,28,30)/t19-,20-,21?,22?,23?,27?/m0/s1. The van der Waals surface area contributed by atoms with Gasteiger partial charge >= 0.3 is 5.97 Å². The lowest BCUT2D eigenvalue weighted by molar-refractivity contribution is -0.150. The number of carbonyl (C=O) groups excluding carboxylic acids is 2. The Morgan fingerprint density at radius 2 is 1.46 bits per heavy atom. The molecule has 5 rings (SSSR count). The van der Waals surface area contributed by atoms with Crippen molar-refractivity contribution in [2.24, 2.45) is 23.2 Å². The summed E-state index contributed by atoms with van der Waals surface area (Å²) >= 11 is 0. The van der Waals surface area contributed by atoms with Crippen molar-refractivity contribution in [3.05, 3.63) is 28.3 Å². The zero-order valence-corrected chi connectivity index (χ0v) is 22.7. The molecule has 0 heterocycles. The van der Waals surface area contributed by atoms with Gasteiger partial charge < -0.3 is 10.1 Å². The van der Waals surface area contributed by atoms with Gasteiger partial charge in [0.15, 0.2) is 6.61 Å². The second-order valence-corrected chi connectivity index (χ2v) is 13.3. The molecule has 0 unspecified atom stereocenters. The molecule has 0 aromatic heterocycles. The van der Waals surface area contributed by atoms with E-state index >= 15 is 0 Å². The van der Waals surface area contributed by atoms with Gasteiger partial charge in [-0.15, -0.1) is 0 Å². The summed E-state index contributed by atoms with van der Waals surface area (Å²) in [6.07, 6.45) is 7.55. The lowest BCUT2D eigenvalue weighted by atomic mass is 9.48. The van der Waals surface area contributed by atoms with Crippen LogP contribution in [0.5, 0.6) is 0 Å². The van der Waals surface area contributed by atoms with E-state index in [1.54, 1.807) is 13.8 Å². The fraction of sp³-hybridized carbons (Fsp3) is 0.704. The first-order valence-electron chi connectivity index (χ1n) is 12.9. The number of rotatable bonds is 8. The number of ether oxygens (including phenoxy) is 1. The fourth-order valence-electron chi connectivity index (χ4n) is 7.33. The van der Waals surface area contributed by atoms with Crippen LogP contribution in [0.4, 0.5) is 0 Å². The maximum absolute atomic E-state index is 13.1. The second-order valence-electron chi connectivity index (χ2n) is 11.6. The Morgan fingerprint density at radius 1 is 0.971 bits per heavy atom. The molecule has 0 spiro atoms. The Morgan fingerprint density at radius 3 is 1.94 bits per heavy atom. The van der Waals surface area contributed by atoms with Crippen molar-refractivity contribution < 1.29 is 22.7 Å². The van der Waals surface area contributed by atoms with Crippen LogP contribution < -0.4 is 10.0 Å². The molecule has 4 saturated carbocycles. The zero-order chi connectivity index (χ0) is 25.7. The van der Waals surface area contributed by atoms with Gasteiger partial charge in [0.2, 0.25) is 10.0 Å². The van der Waals surface area contributed by atoms with E-state index in [1.807, 2.05) is 19.9 Å². The molecule has 8 heteroatoms. The Labute approximate surface area is 209 Å². The van der Waals surface area contributed by atoms with Crippen LogP contribution in [0.3, 0.4) is 0 Å². The minimum Gasteiger partial charge on any atom is -0.454 e. The first kappa shape index (κ1) is 26.1. The van der Waals surface area contributed by atoms with E-state index in [2.05, 4.69) is 17.0 Å². The number of benzene rings is 1. The van der Waals surface area contributed by atoms with E-state index in [0.717, 1.165) is 28.9 Å². The van der Waals surface area contributed by atoms with Gasteiger partial charge in [0.05, 0.1) is 4.90 Å². The predicted molar refractivity (Wildman–Crippen MR) is 134 cm³/mol. The summed E-state index contributed by atoms with van der Waals surface area (Å²) in [5.41, 5.74) is 3.21. The molecule has 2 atom stereocenters. The molecule has 4 fully saturated rings. The predicted octanol–water partition coefficient (Wildman–Crippen LogP) is 3.85. The molecular weight excluding hydrogens is 464 g/mol. The van der Waals surface area contributed by atoms with Gasteiger partial charge in [0.1, 0.15) is 6.04 Å². The van der Waals surface area contributed by atoms with Gasteiger partial charge in [-0.05, 0) is 125 Å². The number of aryl methyl sites for hydroxylation is 2. The van der Waals surface area contributed by atoms with Crippen LogP contribution in [-0.4, -0.2) is 39.0 Å². The van der Waals surface area contributed by atoms with Gasteiger partial charge in [0.25, 0.3) is 5.91 Å². The van der Waals surface area contributed by atoms with Gasteiger partial charge in [-0.2, -0.15) is 4.72 Å². The highest BCUT2D eigenvalue weighted by atomic mass is 32.2. The van der Waals surface area contributed by atoms with Crippen LogP contribution in [0.25, 0.3) is 0 Å². The number of hydrogen-bond donors (Lipinski definition) is 2. The third-order valence-electron chi connectivity index (χ3n) is 8.98. The average molecular weight is 505 g/mol. The van der Waals surface area contributed by atoms with E-state index in [-0.39, 0.29) is 22.3 Å². The van der Waals surface area contributed by atoms with Crippen molar-refractivity contribution in [2.45, 2.75) is 97.0 Å². The largest absolute Gasteiger partial charge is 0.454 e. The number of amides is 1. The van der Waals surface area contributed by atoms with Crippen LogP contribution in [0.15, 0.2) is 11.0 Å². The van der Waals surface area contributed by atoms with Crippen molar-refractivity contribution in [1.29, 1.82) is 0 Å². The van der Waals surface area contributed by atoms with Gasteiger partial charge in [0, 0.05) is 6.04 Å². The minimum absolute atomic E-state index is 0.0357. The molecule has 4 aliphatic rings. The quantitative estimate of drug-likeness (QED) is 0.524. The maximum atomic E-state index is 13.1. The summed E-state index contributed by atoms with van der Waals surface area (Å²) in [7, 11) is -3.95. The molecule has 2 N–H and O–H groups in total. The molecular formula is C27H40N2O5S. The summed E-state index contributed by atoms with van der Waals surface area (Å²) in [4.78, 5) is 25.3. The Balaban J connectivity index is 1.32. The number of carbonyl (C=O) groups is 2. The van der Waals surface area contributed by atoms with Gasteiger partial charge in [-0.25, -0.2) is 8.42 Å². The zero-order valence-electron chi connectivity index (χ0n) is 21.9. The van der Waals surface area contributed by atoms with Crippen molar-refractivity contribution in [3.8, 4) is 0 Å². The van der Waals surface area contributed by atoms with Crippen LogP contribution in [0, 0.1) is 50.9 Å². The van der Waals surface area contributed by atoms with Crippen molar-refractivity contribution in [3.63, 3.8) is 0 Å². The van der Waals surface area contributed by atoms with Crippen LogP contribution >= 0.6 is 0 Å². The Kier molecular flexibility index (Phi) is 7.10. The van der Waals surface area contributed by atoms with Gasteiger partial charge in [-0.1, -0.05) is 6.07 Å². The first-order valence-corrected chi connectivity index (χ1v) is 14.4. The molecule has 1 aromatic carbocycles.